The number of anilines is 2. The maximum atomic E-state index is 12.6. The Morgan fingerprint density at radius 2 is 1.88 bits per heavy atom. The summed E-state index contributed by atoms with van der Waals surface area (Å²) in [7, 11) is 1.89. The van der Waals surface area contributed by atoms with E-state index in [2.05, 4.69) is 21.4 Å². The molecule has 1 amide bonds. The standard InChI is InChI=1S/C25H24N6O/c1-16-10-11-19(14-26-16)28-23(32)15-31(2)25-20-8-5-9-21(20)29-24(30-25)22-12-17-6-3-4-7-18(17)13-27-22/h3-4,6-7,10-14H,5,8-9,15H2,1-2H3,(H,28,32). The number of nitrogens with zero attached hydrogens (tertiary/aromatic N) is 5. The van der Waals surface area contributed by atoms with E-state index >= 15 is 0 Å². The molecule has 0 aliphatic heterocycles. The number of benzene rings is 1. The monoisotopic (exact) mass is 424 g/mol. The number of carbonyl (C=O) groups excluding carboxylic acids is 1. The van der Waals surface area contributed by atoms with E-state index in [-0.39, 0.29) is 12.5 Å². The van der Waals surface area contributed by atoms with Gasteiger partial charge in [-0.25, -0.2) is 9.97 Å². The molecule has 7 nitrogen and oxygen atoms in total. The molecule has 0 saturated carbocycles. The molecule has 1 aliphatic carbocycles. The highest BCUT2D eigenvalue weighted by Gasteiger charge is 2.23. The molecule has 3 heterocycles. The normalized spacial score (nSPS) is 12.6. The molecule has 32 heavy (non-hydrogen) atoms. The minimum Gasteiger partial charge on any atom is -0.350 e. The molecule has 0 unspecified atom stereocenters. The van der Waals surface area contributed by atoms with Crippen molar-refractivity contribution in [3.63, 3.8) is 0 Å². The number of carbonyl (C=O) groups is 1. The van der Waals surface area contributed by atoms with Gasteiger partial charge in [-0.2, -0.15) is 0 Å². The molecule has 0 fully saturated rings. The van der Waals surface area contributed by atoms with Crippen molar-refractivity contribution < 1.29 is 4.79 Å². The van der Waals surface area contributed by atoms with Gasteiger partial charge in [-0.1, -0.05) is 24.3 Å². The number of nitrogens with one attached hydrogen (secondary N) is 1. The summed E-state index contributed by atoms with van der Waals surface area (Å²) in [6, 6.07) is 13.9. The molecule has 1 N–H and O–H groups in total. The highest BCUT2D eigenvalue weighted by Crippen LogP contribution is 2.31. The van der Waals surface area contributed by atoms with Gasteiger partial charge in [0.05, 0.1) is 18.4 Å². The molecule has 0 atom stereocenters. The maximum absolute atomic E-state index is 12.6. The van der Waals surface area contributed by atoms with E-state index in [0.717, 1.165) is 58.5 Å². The minimum atomic E-state index is -0.117. The first-order valence-corrected chi connectivity index (χ1v) is 10.8. The van der Waals surface area contributed by atoms with Gasteiger partial charge in [-0.15, -0.1) is 0 Å². The first kappa shape index (κ1) is 20.1. The fourth-order valence-electron chi connectivity index (χ4n) is 4.08. The highest BCUT2D eigenvalue weighted by atomic mass is 16.2. The third kappa shape index (κ3) is 4.01. The summed E-state index contributed by atoms with van der Waals surface area (Å²) >= 11 is 0. The Balaban J connectivity index is 1.43. The van der Waals surface area contributed by atoms with Crippen molar-refractivity contribution in [2.75, 3.05) is 23.8 Å². The lowest BCUT2D eigenvalue weighted by Crippen LogP contribution is -2.31. The van der Waals surface area contributed by atoms with Gasteiger partial charge in [-0.3, -0.25) is 14.8 Å². The van der Waals surface area contributed by atoms with E-state index in [1.165, 1.54) is 0 Å². The summed E-state index contributed by atoms with van der Waals surface area (Å²) in [4.78, 5) is 33.0. The van der Waals surface area contributed by atoms with Gasteiger partial charge in [0.2, 0.25) is 5.91 Å². The van der Waals surface area contributed by atoms with Gasteiger partial charge >= 0.3 is 0 Å². The zero-order valence-electron chi connectivity index (χ0n) is 18.2. The van der Waals surface area contributed by atoms with Crippen LogP contribution in [0.25, 0.3) is 22.3 Å². The molecule has 3 aromatic heterocycles. The Labute approximate surface area is 186 Å². The molecule has 1 aromatic carbocycles. The summed E-state index contributed by atoms with van der Waals surface area (Å²) in [5.74, 6) is 1.28. The van der Waals surface area contributed by atoms with Crippen LogP contribution in [0.15, 0.2) is 54.9 Å². The predicted octanol–water partition coefficient (Wildman–Crippen LogP) is 3.96. The topological polar surface area (TPSA) is 83.9 Å². The number of rotatable bonds is 5. The molecule has 1 aliphatic rings. The molecule has 7 heteroatoms. The predicted molar refractivity (Wildman–Crippen MR) is 126 cm³/mol. The Morgan fingerprint density at radius 1 is 1.03 bits per heavy atom. The van der Waals surface area contributed by atoms with E-state index in [4.69, 9.17) is 9.97 Å². The third-order valence-electron chi connectivity index (χ3n) is 5.71. The molecular formula is C25H24N6O. The van der Waals surface area contributed by atoms with Gasteiger partial charge in [0, 0.05) is 35.6 Å². The van der Waals surface area contributed by atoms with Crippen LogP contribution in [0.1, 0.15) is 23.4 Å². The summed E-state index contributed by atoms with van der Waals surface area (Å²) < 4.78 is 0. The summed E-state index contributed by atoms with van der Waals surface area (Å²) in [6.45, 7) is 2.10. The summed E-state index contributed by atoms with van der Waals surface area (Å²) in [5, 5.41) is 5.09. The minimum absolute atomic E-state index is 0.117. The van der Waals surface area contributed by atoms with Crippen molar-refractivity contribution in [2.45, 2.75) is 26.2 Å². The quantitative estimate of drug-likeness (QED) is 0.522. The average Bonchev–Trinajstić information content (AvgIpc) is 3.28. The Kier molecular flexibility index (Phi) is 5.23. The number of aromatic nitrogens is 4. The van der Waals surface area contributed by atoms with Crippen LogP contribution in [0.3, 0.4) is 0 Å². The SMILES string of the molecule is Cc1ccc(NC(=O)CN(C)c2nc(-c3cc4ccccc4cn3)nc3c2CCC3)cn1. The van der Waals surface area contributed by atoms with Crippen LogP contribution < -0.4 is 10.2 Å². The first-order valence-electron chi connectivity index (χ1n) is 10.8. The molecule has 0 spiro atoms. The van der Waals surface area contributed by atoms with E-state index in [9.17, 15) is 4.79 Å². The highest BCUT2D eigenvalue weighted by molar-refractivity contribution is 5.94. The van der Waals surface area contributed by atoms with Crippen LogP contribution in [0.4, 0.5) is 11.5 Å². The number of fused-ring (bicyclic) bond motifs is 2. The average molecular weight is 425 g/mol. The third-order valence-corrected chi connectivity index (χ3v) is 5.71. The summed E-state index contributed by atoms with van der Waals surface area (Å²) in [5.41, 5.74) is 4.51. The number of hydrogen-bond donors (Lipinski definition) is 1. The second-order valence-corrected chi connectivity index (χ2v) is 8.16. The Morgan fingerprint density at radius 3 is 2.69 bits per heavy atom. The number of pyridine rings is 2. The summed E-state index contributed by atoms with van der Waals surface area (Å²) in [6.07, 6.45) is 6.40. The van der Waals surface area contributed by atoms with Crippen LogP contribution in [0.5, 0.6) is 0 Å². The lowest BCUT2D eigenvalue weighted by atomic mass is 10.1. The van der Waals surface area contributed by atoms with E-state index in [0.29, 0.717) is 11.5 Å². The first-order chi connectivity index (χ1) is 15.6. The largest absolute Gasteiger partial charge is 0.350 e. The smallest absolute Gasteiger partial charge is 0.243 e. The second-order valence-electron chi connectivity index (χ2n) is 8.16. The molecular weight excluding hydrogens is 400 g/mol. The molecule has 0 saturated heterocycles. The van der Waals surface area contributed by atoms with Crippen LogP contribution >= 0.6 is 0 Å². The van der Waals surface area contributed by atoms with Gasteiger partial charge in [0.1, 0.15) is 11.5 Å². The van der Waals surface area contributed by atoms with Crippen molar-refractivity contribution in [1.82, 2.24) is 19.9 Å². The van der Waals surface area contributed by atoms with Crippen molar-refractivity contribution in [2.24, 2.45) is 0 Å². The number of amides is 1. The number of aryl methyl sites for hydroxylation is 2. The van der Waals surface area contributed by atoms with Crippen molar-refractivity contribution in [3.05, 3.63) is 71.8 Å². The van der Waals surface area contributed by atoms with E-state index in [1.807, 2.05) is 61.5 Å². The van der Waals surface area contributed by atoms with Gasteiger partial charge < -0.3 is 10.2 Å². The zero-order chi connectivity index (χ0) is 22.1. The fourth-order valence-corrected chi connectivity index (χ4v) is 4.08. The lowest BCUT2D eigenvalue weighted by molar-refractivity contribution is -0.114. The molecule has 0 radical (unpaired) electrons. The van der Waals surface area contributed by atoms with Crippen LogP contribution in [-0.2, 0) is 17.6 Å². The van der Waals surface area contributed by atoms with Gasteiger partial charge in [0.25, 0.3) is 0 Å². The Bertz CT molecular complexity index is 1300. The number of hydrogen-bond acceptors (Lipinski definition) is 6. The zero-order valence-corrected chi connectivity index (χ0v) is 18.2. The van der Waals surface area contributed by atoms with E-state index < -0.39 is 0 Å². The maximum Gasteiger partial charge on any atom is 0.243 e. The van der Waals surface area contributed by atoms with E-state index in [1.54, 1.807) is 6.20 Å². The number of likely N-dealkylation sites (N-methyl/N-ethyl adjacent to an activating group) is 1. The van der Waals surface area contributed by atoms with Crippen molar-refractivity contribution >= 4 is 28.2 Å². The molecule has 160 valence electrons. The fraction of sp³-hybridized carbons (Fsp3) is 0.240. The Hall–Kier alpha value is -3.87. The molecule has 4 aromatic rings. The lowest BCUT2D eigenvalue weighted by Gasteiger charge is -2.21. The van der Waals surface area contributed by atoms with Crippen molar-refractivity contribution in [3.8, 4) is 11.5 Å². The van der Waals surface area contributed by atoms with Crippen molar-refractivity contribution in [1.29, 1.82) is 0 Å². The van der Waals surface area contributed by atoms with Gasteiger partial charge in [-0.05, 0) is 49.8 Å². The second kappa shape index (κ2) is 8.34. The molecule has 0 bridgehead atoms. The van der Waals surface area contributed by atoms with Crippen LogP contribution in [0.2, 0.25) is 0 Å². The van der Waals surface area contributed by atoms with Crippen LogP contribution in [0, 0.1) is 6.92 Å². The molecule has 5 rings (SSSR count). The van der Waals surface area contributed by atoms with Gasteiger partial charge in [0.15, 0.2) is 5.82 Å². The van der Waals surface area contributed by atoms with Crippen LogP contribution in [-0.4, -0.2) is 39.4 Å².